The summed E-state index contributed by atoms with van der Waals surface area (Å²) in [5, 5.41) is 0. The van der Waals surface area contributed by atoms with Crippen molar-refractivity contribution in [2.45, 2.75) is 20.4 Å². The van der Waals surface area contributed by atoms with Gasteiger partial charge in [-0.05, 0) is 5.92 Å². The fourth-order valence-electron chi connectivity index (χ4n) is 1.02. The second kappa shape index (κ2) is 2.86. The van der Waals surface area contributed by atoms with Gasteiger partial charge in [0.1, 0.15) is 0 Å². The molecule has 0 unspecified atom stereocenters. The second-order valence-electron chi connectivity index (χ2n) is 3.08. The van der Waals surface area contributed by atoms with E-state index in [0.717, 1.165) is 12.5 Å². The van der Waals surface area contributed by atoms with Gasteiger partial charge in [0.05, 0.1) is 12.7 Å². The molecule has 0 aliphatic rings. The van der Waals surface area contributed by atoms with Crippen LogP contribution in [-0.4, -0.2) is 4.68 Å². The van der Waals surface area contributed by atoms with Crippen LogP contribution in [0.5, 0.6) is 0 Å². The van der Waals surface area contributed by atoms with Crippen molar-refractivity contribution < 1.29 is 4.68 Å². The van der Waals surface area contributed by atoms with Crippen LogP contribution < -0.4 is 4.68 Å². The van der Waals surface area contributed by atoms with Gasteiger partial charge in [-0.25, -0.2) is 0 Å². The van der Waals surface area contributed by atoms with Crippen LogP contribution in [0.4, 0.5) is 0 Å². The van der Waals surface area contributed by atoms with Gasteiger partial charge in [-0.3, -0.25) is 0 Å². The third kappa shape index (κ3) is 1.59. The fourth-order valence-corrected chi connectivity index (χ4v) is 1.02. The average Bonchev–Trinajstić information content (AvgIpc) is 2.15. The molecule has 0 aliphatic heterocycles. The first-order chi connectivity index (χ1) is 4.70. The summed E-state index contributed by atoms with van der Waals surface area (Å²) in [5.41, 5.74) is 0. The van der Waals surface area contributed by atoms with Gasteiger partial charge < -0.3 is 0 Å². The summed E-state index contributed by atoms with van der Waals surface area (Å²) < 4.78 is 4.30. The number of hydrogen-bond donors (Lipinski definition) is 0. The zero-order valence-corrected chi connectivity index (χ0v) is 6.91. The highest BCUT2D eigenvalue weighted by Gasteiger charge is 2.02. The smallest absolute Gasteiger partial charge is 0.161 e. The third-order valence-electron chi connectivity index (χ3n) is 1.52. The molecule has 0 aromatic carbocycles. The van der Waals surface area contributed by atoms with Gasteiger partial charge in [0, 0.05) is 6.07 Å². The molecular weight excluding hydrogens is 124 g/mol. The maximum atomic E-state index is 2.22. The van der Waals surface area contributed by atoms with Gasteiger partial charge in [0.2, 0.25) is 0 Å². The lowest BCUT2D eigenvalue weighted by Crippen LogP contribution is -2.38. The number of rotatable bonds is 2. The monoisotopic (exact) mass is 139 g/mol. The van der Waals surface area contributed by atoms with E-state index in [9.17, 15) is 0 Å². The van der Waals surface area contributed by atoms with Crippen LogP contribution in [0.3, 0.4) is 0 Å². The van der Waals surface area contributed by atoms with Crippen molar-refractivity contribution in [1.82, 2.24) is 4.68 Å². The highest BCUT2D eigenvalue weighted by molar-refractivity contribution is 4.71. The first-order valence-electron chi connectivity index (χ1n) is 3.71. The van der Waals surface area contributed by atoms with Crippen molar-refractivity contribution in [3.05, 3.63) is 18.5 Å². The Morgan fingerprint density at radius 1 is 1.50 bits per heavy atom. The number of hydrogen-bond acceptors (Lipinski definition) is 0. The molecule has 2 heteroatoms. The Balaban J connectivity index is 2.65. The van der Waals surface area contributed by atoms with Crippen molar-refractivity contribution in [2.24, 2.45) is 13.0 Å². The van der Waals surface area contributed by atoms with Crippen LogP contribution in [0.2, 0.25) is 0 Å². The predicted octanol–water partition coefficient (Wildman–Crippen LogP) is 0.969. The van der Waals surface area contributed by atoms with Gasteiger partial charge >= 0.3 is 0 Å². The van der Waals surface area contributed by atoms with Crippen LogP contribution in [0.25, 0.3) is 0 Å². The summed E-state index contributed by atoms with van der Waals surface area (Å²) in [6, 6.07) is 2.06. The van der Waals surface area contributed by atoms with Crippen LogP contribution >= 0.6 is 0 Å². The predicted molar refractivity (Wildman–Crippen MR) is 40.4 cm³/mol. The van der Waals surface area contributed by atoms with Crippen molar-refractivity contribution >= 4 is 0 Å². The Morgan fingerprint density at radius 2 is 2.20 bits per heavy atom. The molecule has 0 atom stereocenters. The van der Waals surface area contributed by atoms with E-state index in [0.29, 0.717) is 0 Å². The quantitative estimate of drug-likeness (QED) is 0.540. The largest absolute Gasteiger partial charge is 0.195 e. The maximum Gasteiger partial charge on any atom is 0.195 e. The molecule has 0 saturated carbocycles. The molecule has 1 aromatic heterocycles. The Bertz CT molecular complexity index is 201. The SMILES string of the molecule is CC(C)Cn1ccc[n+]1C. The molecule has 56 valence electrons. The second-order valence-corrected chi connectivity index (χ2v) is 3.08. The van der Waals surface area contributed by atoms with E-state index in [4.69, 9.17) is 0 Å². The molecular formula is C8H15N2+. The van der Waals surface area contributed by atoms with E-state index >= 15 is 0 Å². The molecule has 0 amide bonds. The lowest BCUT2D eigenvalue weighted by atomic mass is 10.2. The van der Waals surface area contributed by atoms with Crippen LogP contribution in [-0.2, 0) is 13.6 Å². The van der Waals surface area contributed by atoms with E-state index in [1.54, 1.807) is 0 Å². The fraction of sp³-hybridized carbons (Fsp3) is 0.625. The minimum atomic E-state index is 0.721. The van der Waals surface area contributed by atoms with Gasteiger partial charge in [-0.2, -0.15) is 4.68 Å². The normalized spacial score (nSPS) is 10.8. The molecule has 0 spiro atoms. The minimum absolute atomic E-state index is 0.721. The maximum absolute atomic E-state index is 2.22. The third-order valence-corrected chi connectivity index (χ3v) is 1.52. The van der Waals surface area contributed by atoms with E-state index in [1.807, 2.05) is 0 Å². The van der Waals surface area contributed by atoms with Crippen LogP contribution in [0, 0.1) is 5.92 Å². The highest BCUT2D eigenvalue weighted by atomic mass is 15.4. The molecule has 0 fully saturated rings. The molecule has 0 radical (unpaired) electrons. The average molecular weight is 139 g/mol. The zero-order valence-electron chi connectivity index (χ0n) is 6.91. The Labute approximate surface area is 62.1 Å². The van der Waals surface area contributed by atoms with E-state index in [2.05, 4.69) is 48.7 Å². The lowest BCUT2D eigenvalue weighted by molar-refractivity contribution is -0.754. The molecule has 0 bridgehead atoms. The minimum Gasteiger partial charge on any atom is -0.161 e. The van der Waals surface area contributed by atoms with Crippen molar-refractivity contribution in [3.8, 4) is 0 Å². The first-order valence-corrected chi connectivity index (χ1v) is 3.71. The Kier molecular flexibility index (Phi) is 2.10. The summed E-state index contributed by atoms with van der Waals surface area (Å²) in [4.78, 5) is 0. The number of aromatic nitrogens is 2. The summed E-state index contributed by atoms with van der Waals surface area (Å²) >= 11 is 0. The van der Waals surface area contributed by atoms with Crippen LogP contribution in [0.15, 0.2) is 18.5 Å². The summed E-state index contributed by atoms with van der Waals surface area (Å²) in [7, 11) is 2.06. The summed E-state index contributed by atoms with van der Waals surface area (Å²) in [6.45, 7) is 5.55. The van der Waals surface area contributed by atoms with Gasteiger partial charge in [-0.15, -0.1) is 4.68 Å². The first kappa shape index (κ1) is 7.32. The molecule has 2 nitrogen and oxygen atoms in total. The molecule has 0 saturated heterocycles. The lowest BCUT2D eigenvalue weighted by Gasteiger charge is -2.01. The standard InChI is InChI=1S/C8H15N2/c1-8(2)7-10-6-4-5-9(10)3/h4-6,8H,7H2,1-3H3/q+1. The van der Waals surface area contributed by atoms with Gasteiger partial charge in [0.25, 0.3) is 0 Å². The van der Waals surface area contributed by atoms with Gasteiger partial charge in [-0.1, -0.05) is 13.8 Å². The van der Waals surface area contributed by atoms with E-state index in [-0.39, 0.29) is 0 Å². The zero-order chi connectivity index (χ0) is 7.56. The topological polar surface area (TPSA) is 8.81 Å². The summed E-state index contributed by atoms with van der Waals surface area (Å²) in [5.74, 6) is 0.721. The summed E-state index contributed by atoms with van der Waals surface area (Å²) in [6.07, 6.45) is 4.16. The molecule has 1 rings (SSSR count). The van der Waals surface area contributed by atoms with E-state index in [1.165, 1.54) is 0 Å². The van der Waals surface area contributed by atoms with Crippen molar-refractivity contribution in [3.63, 3.8) is 0 Å². The van der Waals surface area contributed by atoms with Crippen molar-refractivity contribution in [2.75, 3.05) is 0 Å². The number of nitrogens with zero attached hydrogens (tertiary/aromatic N) is 2. The molecule has 1 heterocycles. The van der Waals surface area contributed by atoms with Crippen LogP contribution in [0.1, 0.15) is 13.8 Å². The number of aryl methyl sites for hydroxylation is 1. The van der Waals surface area contributed by atoms with E-state index < -0.39 is 0 Å². The Hall–Kier alpha value is -0.790. The molecule has 1 aromatic rings. The molecule has 10 heavy (non-hydrogen) atoms. The molecule has 0 aliphatic carbocycles. The Morgan fingerprint density at radius 3 is 2.60 bits per heavy atom. The van der Waals surface area contributed by atoms with Gasteiger partial charge in [0.15, 0.2) is 13.2 Å². The molecule has 0 N–H and O–H groups in total. The van der Waals surface area contributed by atoms with Crippen molar-refractivity contribution in [1.29, 1.82) is 0 Å². The highest BCUT2D eigenvalue weighted by Crippen LogP contribution is 1.94.